The number of rotatable bonds is 3. The second kappa shape index (κ2) is 32.5. The maximum atomic E-state index is 3.51. The zero-order valence-corrected chi connectivity index (χ0v) is 8.88. The van der Waals surface area contributed by atoms with Crippen LogP contribution in [0.4, 0.5) is 0 Å². The Morgan fingerprint density at radius 2 is 0.833 bits per heavy atom. The summed E-state index contributed by atoms with van der Waals surface area (Å²) < 4.78 is 0. The third-order valence-corrected chi connectivity index (χ3v) is 0.605. The standard InChI is InChI=1S/C8H10.2C2H6/c1-3-5-7-8-6-4-2;2*1-2/h3-8H,1-2H2;2*1-2H3/b7-5-,8-6-;;. The summed E-state index contributed by atoms with van der Waals surface area (Å²) in [5.74, 6) is 0. The SMILES string of the molecule is C=C/C=C\C=C/C=C.CC.CC. The van der Waals surface area contributed by atoms with Gasteiger partial charge < -0.3 is 0 Å². The summed E-state index contributed by atoms with van der Waals surface area (Å²) in [4.78, 5) is 0. The van der Waals surface area contributed by atoms with Crippen LogP contribution < -0.4 is 0 Å². The van der Waals surface area contributed by atoms with Crippen molar-refractivity contribution in [1.29, 1.82) is 0 Å². The third kappa shape index (κ3) is 36.2. The maximum Gasteiger partial charge on any atom is -0.0623 e. The number of hydrogen-bond donors (Lipinski definition) is 0. The first-order valence-corrected chi connectivity index (χ1v) is 4.48. The van der Waals surface area contributed by atoms with E-state index in [0.29, 0.717) is 0 Å². The molecule has 0 aliphatic carbocycles. The maximum absolute atomic E-state index is 3.51. The molecule has 70 valence electrons. The van der Waals surface area contributed by atoms with E-state index in [1.54, 1.807) is 12.2 Å². The predicted molar refractivity (Wildman–Crippen MR) is 61.4 cm³/mol. The fourth-order valence-corrected chi connectivity index (χ4v) is 0.285. The van der Waals surface area contributed by atoms with Crippen molar-refractivity contribution in [2.75, 3.05) is 0 Å². The van der Waals surface area contributed by atoms with Crippen molar-refractivity contribution < 1.29 is 0 Å². The molecule has 0 fully saturated rings. The number of hydrogen-bond acceptors (Lipinski definition) is 0. The molecule has 0 heteroatoms. The molecule has 0 aliphatic rings. The van der Waals surface area contributed by atoms with Gasteiger partial charge in [-0.1, -0.05) is 77.3 Å². The summed E-state index contributed by atoms with van der Waals surface area (Å²) in [6.07, 6.45) is 11.0. The molecule has 0 radical (unpaired) electrons. The molecule has 0 aliphatic heterocycles. The highest BCUT2D eigenvalue weighted by atomic mass is 13.6. The summed E-state index contributed by atoms with van der Waals surface area (Å²) in [5, 5.41) is 0. The molecule has 0 unspecified atom stereocenters. The molecular formula is C12H22. The van der Waals surface area contributed by atoms with E-state index in [9.17, 15) is 0 Å². The van der Waals surface area contributed by atoms with Crippen LogP contribution >= 0.6 is 0 Å². The Morgan fingerprint density at radius 3 is 1.00 bits per heavy atom. The second-order valence-corrected chi connectivity index (χ2v) is 1.24. The smallest absolute Gasteiger partial charge is 0.0623 e. The third-order valence-electron chi connectivity index (χ3n) is 0.605. The zero-order valence-electron chi connectivity index (χ0n) is 8.88. The van der Waals surface area contributed by atoms with E-state index >= 15 is 0 Å². The van der Waals surface area contributed by atoms with Crippen molar-refractivity contribution in [2.24, 2.45) is 0 Å². The van der Waals surface area contributed by atoms with Crippen LogP contribution in [0.5, 0.6) is 0 Å². The van der Waals surface area contributed by atoms with Crippen molar-refractivity contribution in [1.82, 2.24) is 0 Å². The quantitative estimate of drug-likeness (QED) is 0.541. The molecule has 0 saturated carbocycles. The van der Waals surface area contributed by atoms with Crippen LogP contribution in [-0.4, -0.2) is 0 Å². The van der Waals surface area contributed by atoms with E-state index < -0.39 is 0 Å². The molecule has 0 N–H and O–H groups in total. The fraction of sp³-hybridized carbons (Fsp3) is 0.333. The van der Waals surface area contributed by atoms with Gasteiger partial charge in [0, 0.05) is 0 Å². The van der Waals surface area contributed by atoms with Crippen molar-refractivity contribution in [3.63, 3.8) is 0 Å². The van der Waals surface area contributed by atoms with Gasteiger partial charge in [0.05, 0.1) is 0 Å². The second-order valence-electron chi connectivity index (χ2n) is 1.24. The van der Waals surface area contributed by atoms with Gasteiger partial charge in [-0.3, -0.25) is 0 Å². The minimum absolute atomic E-state index is 1.73. The van der Waals surface area contributed by atoms with Crippen molar-refractivity contribution in [2.45, 2.75) is 27.7 Å². The largest absolute Gasteiger partial charge is 0.0991 e. The van der Waals surface area contributed by atoms with Crippen molar-refractivity contribution >= 4 is 0 Å². The van der Waals surface area contributed by atoms with Crippen LogP contribution in [-0.2, 0) is 0 Å². The van der Waals surface area contributed by atoms with Crippen LogP contribution in [0.1, 0.15) is 27.7 Å². The molecule has 0 aromatic heterocycles. The first-order valence-electron chi connectivity index (χ1n) is 4.48. The Hall–Kier alpha value is -1.04. The molecule has 0 nitrogen and oxygen atoms in total. The average molecular weight is 166 g/mol. The van der Waals surface area contributed by atoms with Gasteiger partial charge in [-0.15, -0.1) is 0 Å². The van der Waals surface area contributed by atoms with Crippen LogP contribution in [0.15, 0.2) is 49.6 Å². The van der Waals surface area contributed by atoms with E-state index in [-0.39, 0.29) is 0 Å². The fourth-order valence-electron chi connectivity index (χ4n) is 0.285. The lowest BCUT2D eigenvalue weighted by atomic mass is 10.4. The van der Waals surface area contributed by atoms with Crippen LogP contribution in [0, 0.1) is 0 Å². The summed E-state index contributed by atoms with van der Waals surface area (Å²) in [6.45, 7) is 15.0. The minimum Gasteiger partial charge on any atom is -0.0991 e. The summed E-state index contributed by atoms with van der Waals surface area (Å²) in [7, 11) is 0. The van der Waals surface area contributed by atoms with E-state index in [1.165, 1.54) is 0 Å². The number of allylic oxidation sites excluding steroid dienone is 6. The van der Waals surface area contributed by atoms with E-state index in [2.05, 4.69) is 13.2 Å². The Morgan fingerprint density at radius 1 is 0.583 bits per heavy atom. The highest BCUT2D eigenvalue weighted by Crippen LogP contribution is 1.76. The van der Waals surface area contributed by atoms with Crippen molar-refractivity contribution in [3.8, 4) is 0 Å². The van der Waals surface area contributed by atoms with Crippen LogP contribution in [0.3, 0.4) is 0 Å². The molecule has 0 rings (SSSR count). The molecular weight excluding hydrogens is 144 g/mol. The zero-order chi connectivity index (χ0) is 10.2. The van der Waals surface area contributed by atoms with Crippen LogP contribution in [0.2, 0.25) is 0 Å². The summed E-state index contributed by atoms with van der Waals surface area (Å²) >= 11 is 0. The van der Waals surface area contributed by atoms with Gasteiger partial charge in [-0.05, 0) is 0 Å². The molecule has 0 heterocycles. The summed E-state index contributed by atoms with van der Waals surface area (Å²) in [6, 6.07) is 0. The van der Waals surface area contributed by atoms with E-state index in [1.807, 2.05) is 52.0 Å². The lowest BCUT2D eigenvalue weighted by Gasteiger charge is -1.67. The first-order chi connectivity index (χ1) is 5.91. The topological polar surface area (TPSA) is 0 Å². The van der Waals surface area contributed by atoms with E-state index in [0.717, 1.165) is 0 Å². The van der Waals surface area contributed by atoms with Gasteiger partial charge in [0.25, 0.3) is 0 Å². The summed E-state index contributed by atoms with van der Waals surface area (Å²) in [5.41, 5.74) is 0. The average Bonchev–Trinajstić information content (AvgIpc) is 2.19. The molecule has 0 amide bonds. The highest BCUT2D eigenvalue weighted by molar-refractivity contribution is 5.12. The molecule has 12 heavy (non-hydrogen) atoms. The Kier molecular flexibility index (Phi) is 46.5. The molecule has 0 aromatic rings. The Bertz CT molecular complexity index is 100. The molecule has 0 saturated heterocycles. The molecule has 0 bridgehead atoms. The lowest BCUT2D eigenvalue weighted by Crippen LogP contribution is -1.45. The van der Waals surface area contributed by atoms with Gasteiger partial charge in [-0.2, -0.15) is 0 Å². The van der Waals surface area contributed by atoms with Crippen molar-refractivity contribution in [3.05, 3.63) is 49.6 Å². The van der Waals surface area contributed by atoms with Crippen LogP contribution in [0.25, 0.3) is 0 Å². The van der Waals surface area contributed by atoms with Gasteiger partial charge in [-0.25, -0.2) is 0 Å². The predicted octanol–water partition coefficient (Wildman–Crippen LogP) is 4.52. The van der Waals surface area contributed by atoms with Gasteiger partial charge in [0.1, 0.15) is 0 Å². The first kappa shape index (κ1) is 17.2. The van der Waals surface area contributed by atoms with Gasteiger partial charge in [0.15, 0.2) is 0 Å². The molecule has 0 aromatic carbocycles. The normalized spacial score (nSPS) is 8.00. The highest BCUT2D eigenvalue weighted by Gasteiger charge is 1.54. The van der Waals surface area contributed by atoms with E-state index in [4.69, 9.17) is 0 Å². The lowest BCUT2D eigenvalue weighted by molar-refractivity contribution is 1.50. The Labute approximate surface area is 78.0 Å². The molecule has 0 atom stereocenters. The Balaban J connectivity index is -0.000000175. The molecule has 0 spiro atoms. The minimum atomic E-state index is 1.73. The van der Waals surface area contributed by atoms with Gasteiger partial charge >= 0.3 is 0 Å². The monoisotopic (exact) mass is 166 g/mol. The van der Waals surface area contributed by atoms with Gasteiger partial charge in [0.2, 0.25) is 0 Å².